The Balaban J connectivity index is 2.80. The fourth-order valence-electron chi connectivity index (χ4n) is 1.47. The molecule has 0 saturated heterocycles. The van der Waals surface area contributed by atoms with E-state index in [1.807, 2.05) is 0 Å². The molecule has 4 nitrogen and oxygen atoms in total. The van der Waals surface area contributed by atoms with E-state index in [9.17, 15) is 14.0 Å². The number of hydrogen-bond acceptors (Lipinski definition) is 2. The highest BCUT2D eigenvalue weighted by Gasteiger charge is 2.15. The zero-order valence-electron chi connectivity index (χ0n) is 11.0. The number of halogens is 1. The van der Waals surface area contributed by atoms with Gasteiger partial charge in [-0.15, -0.1) is 0 Å². The summed E-state index contributed by atoms with van der Waals surface area (Å²) in [7, 11) is 0. The lowest BCUT2D eigenvalue weighted by Gasteiger charge is -2.15. The van der Waals surface area contributed by atoms with Crippen molar-refractivity contribution in [3.63, 3.8) is 0 Å². The van der Waals surface area contributed by atoms with E-state index in [1.54, 1.807) is 19.1 Å². The first-order chi connectivity index (χ1) is 8.82. The van der Waals surface area contributed by atoms with Gasteiger partial charge < -0.3 is 10.4 Å². The van der Waals surface area contributed by atoms with Gasteiger partial charge in [-0.25, -0.2) is 9.18 Å². The molecule has 0 unspecified atom stereocenters. The first-order valence-electron chi connectivity index (χ1n) is 5.80. The summed E-state index contributed by atoms with van der Waals surface area (Å²) in [6.07, 6.45) is 0. The number of carboxylic acid groups (broad SMARTS) is 1. The fourth-order valence-corrected chi connectivity index (χ4v) is 1.47. The average Bonchev–Trinajstić information content (AvgIpc) is 2.37. The number of rotatable bonds is 4. The molecule has 1 amide bonds. The van der Waals surface area contributed by atoms with Crippen LogP contribution in [-0.2, 0) is 9.59 Å². The van der Waals surface area contributed by atoms with Gasteiger partial charge in [0, 0.05) is 11.1 Å². The van der Waals surface area contributed by atoms with Crippen LogP contribution in [0.5, 0.6) is 0 Å². The Kier molecular flexibility index (Phi) is 4.80. The van der Waals surface area contributed by atoms with Crippen molar-refractivity contribution < 1.29 is 19.1 Å². The largest absolute Gasteiger partial charge is 0.478 e. The van der Waals surface area contributed by atoms with Crippen LogP contribution >= 0.6 is 0 Å². The number of benzene rings is 1. The minimum absolute atomic E-state index is 0.00352. The highest BCUT2D eigenvalue weighted by atomic mass is 19.1. The third-order valence-electron chi connectivity index (χ3n) is 2.94. The molecule has 0 saturated carbocycles. The molecule has 0 heterocycles. The summed E-state index contributed by atoms with van der Waals surface area (Å²) in [6, 6.07) is 5.43. The Hall–Kier alpha value is -2.17. The minimum Gasteiger partial charge on any atom is -0.478 e. The molecule has 102 valence electrons. The van der Waals surface area contributed by atoms with Crippen molar-refractivity contribution in [2.75, 3.05) is 0 Å². The number of hydrogen-bond donors (Lipinski definition) is 2. The highest BCUT2D eigenvalue weighted by molar-refractivity contribution is 6.01. The van der Waals surface area contributed by atoms with Crippen LogP contribution in [0.1, 0.15) is 32.4 Å². The maximum absolute atomic E-state index is 12.8. The van der Waals surface area contributed by atoms with Crippen LogP contribution in [-0.4, -0.2) is 17.0 Å². The summed E-state index contributed by atoms with van der Waals surface area (Å²) in [5.41, 5.74) is 0.904. The number of amides is 1. The Morgan fingerprint density at radius 2 is 1.68 bits per heavy atom. The van der Waals surface area contributed by atoms with Crippen molar-refractivity contribution in [2.45, 2.75) is 26.8 Å². The van der Waals surface area contributed by atoms with E-state index in [0.717, 1.165) is 5.56 Å². The minimum atomic E-state index is -1.12. The van der Waals surface area contributed by atoms with E-state index in [4.69, 9.17) is 5.11 Å². The number of carbonyl (C=O) groups excluding carboxylic acids is 1. The van der Waals surface area contributed by atoms with E-state index in [-0.39, 0.29) is 23.0 Å². The number of aliphatic carboxylic acids is 1. The van der Waals surface area contributed by atoms with Gasteiger partial charge in [0.1, 0.15) is 5.82 Å². The van der Waals surface area contributed by atoms with Gasteiger partial charge in [0.25, 0.3) is 0 Å². The molecule has 5 heteroatoms. The van der Waals surface area contributed by atoms with Crippen molar-refractivity contribution in [2.24, 2.45) is 0 Å². The first-order valence-corrected chi connectivity index (χ1v) is 5.80. The second-order valence-corrected chi connectivity index (χ2v) is 4.30. The highest BCUT2D eigenvalue weighted by Crippen LogP contribution is 2.14. The maximum Gasteiger partial charge on any atom is 0.331 e. The van der Waals surface area contributed by atoms with Crippen LogP contribution in [0.4, 0.5) is 4.39 Å². The Labute approximate surface area is 110 Å². The van der Waals surface area contributed by atoms with Crippen LogP contribution in [0.15, 0.2) is 35.4 Å². The third kappa shape index (κ3) is 3.91. The van der Waals surface area contributed by atoms with Gasteiger partial charge in [-0.05, 0) is 38.5 Å². The van der Waals surface area contributed by atoms with Gasteiger partial charge in [-0.3, -0.25) is 4.79 Å². The smallest absolute Gasteiger partial charge is 0.331 e. The zero-order chi connectivity index (χ0) is 14.6. The topological polar surface area (TPSA) is 66.4 Å². The number of carboxylic acids is 1. The van der Waals surface area contributed by atoms with Gasteiger partial charge in [-0.2, -0.15) is 0 Å². The lowest BCUT2D eigenvalue weighted by molar-refractivity contribution is -0.133. The van der Waals surface area contributed by atoms with E-state index in [2.05, 4.69) is 5.32 Å². The Morgan fingerprint density at radius 3 is 2.16 bits per heavy atom. The number of nitrogens with one attached hydrogen (secondary N) is 1. The predicted molar refractivity (Wildman–Crippen MR) is 69.0 cm³/mol. The molecule has 0 aliphatic carbocycles. The van der Waals surface area contributed by atoms with Crippen LogP contribution in [0, 0.1) is 5.82 Å². The van der Waals surface area contributed by atoms with E-state index < -0.39 is 11.9 Å². The summed E-state index contributed by atoms with van der Waals surface area (Å²) in [5, 5.41) is 11.5. The molecule has 1 aromatic carbocycles. The molecule has 1 rings (SSSR count). The second kappa shape index (κ2) is 6.13. The normalized spacial score (nSPS) is 13.5. The van der Waals surface area contributed by atoms with Crippen LogP contribution < -0.4 is 5.32 Å². The first kappa shape index (κ1) is 14.9. The van der Waals surface area contributed by atoms with E-state index >= 15 is 0 Å². The third-order valence-corrected chi connectivity index (χ3v) is 2.94. The summed E-state index contributed by atoms with van der Waals surface area (Å²) < 4.78 is 12.8. The van der Waals surface area contributed by atoms with E-state index in [0.29, 0.717) is 0 Å². The molecule has 0 aliphatic rings. The molecule has 0 bridgehead atoms. The molecule has 1 atom stereocenters. The molecule has 0 radical (unpaired) electrons. The van der Waals surface area contributed by atoms with Crippen molar-refractivity contribution in [3.8, 4) is 0 Å². The second-order valence-electron chi connectivity index (χ2n) is 4.30. The maximum atomic E-state index is 12.8. The monoisotopic (exact) mass is 265 g/mol. The van der Waals surface area contributed by atoms with Crippen LogP contribution in [0.3, 0.4) is 0 Å². The quantitative estimate of drug-likeness (QED) is 0.822. The molecule has 19 heavy (non-hydrogen) atoms. The van der Waals surface area contributed by atoms with Gasteiger partial charge in [0.15, 0.2) is 0 Å². The van der Waals surface area contributed by atoms with E-state index in [1.165, 1.54) is 26.0 Å². The summed E-state index contributed by atoms with van der Waals surface area (Å²) in [6.45, 7) is 4.57. The molecule has 2 N–H and O–H groups in total. The molecule has 1 aromatic rings. The summed E-state index contributed by atoms with van der Waals surface area (Å²) >= 11 is 0. The SMILES string of the molecule is C/C(C(=O)O)=C(\C)C(=O)N[C@H](C)c1ccc(F)cc1. The molecular weight excluding hydrogens is 249 g/mol. The lowest BCUT2D eigenvalue weighted by atomic mass is 10.1. The van der Waals surface area contributed by atoms with Crippen LogP contribution in [0.2, 0.25) is 0 Å². The van der Waals surface area contributed by atoms with Crippen molar-refractivity contribution in [1.29, 1.82) is 0 Å². The van der Waals surface area contributed by atoms with Gasteiger partial charge in [0.05, 0.1) is 6.04 Å². The van der Waals surface area contributed by atoms with Gasteiger partial charge in [-0.1, -0.05) is 12.1 Å². The molecular formula is C14H16FNO3. The Bertz CT molecular complexity index is 520. The standard InChI is InChI=1S/C14H16FNO3/c1-8(9(2)14(18)19)13(17)16-10(3)11-4-6-12(15)7-5-11/h4-7,10H,1-3H3,(H,16,17)(H,18,19)/b9-8-/t10-/m1/s1. The predicted octanol–water partition coefficient (Wildman–Crippen LogP) is 2.42. The molecule has 0 fully saturated rings. The Morgan fingerprint density at radius 1 is 1.16 bits per heavy atom. The lowest BCUT2D eigenvalue weighted by Crippen LogP contribution is -2.28. The van der Waals surface area contributed by atoms with Gasteiger partial charge in [0.2, 0.25) is 5.91 Å². The molecule has 0 spiro atoms. The van der Waals surface area contributed by atoms with Crippen molar-refractivity contribution in [1.82, 2.24) is 5.32 Å². The number of carbonyl (C=O) groups is 2. The molecule has 0 aromatic heterocycles. The summed E-state index contributed by atoms with van der Waals surface area (Å²) in [4.78, 5) is 22.6. The zero-order valence-corrected chi connectivity index (χ0v) is 11.0. The average molecular weight is 265 g/mol. The van der Waals surface area contributed by atoms with Gasteiger partial charge >= 0.3 is 5.97 Å². The fraction of sp³-hybridized carbons (Fsp3) is 0.286. The molecule has 0 aliphatic heterocycles. The van der Waals surface area contributed by atoms with Crippen molar-refractivity contribution >= 4 is 11.9 Å². The van der Waals surface area contributed by atoms with Crippen molar-refractivity contribution in [3.05, 3.63) is 46.8 Å². The van der Waals surface area contributed by atoms with Crippen LogP contribution in [0.25, 0.3) is 0 Å². The summed E-state index contributed by atoms with van der Waals surface area (Å²) in [5.74, 6) is -1.92.